The molecule has 1 fully saturated rings. The quantitative estimate of drug-likeness (QED) is 0.717. The van der Waals surface area contributed by atoms with Crippen LogP contribution in [0.25, 0.3) is 0 Å². The summed E-state index contributed by atoms with van der Waals surface area (Å²) in [7, 11) is 0. The van der Waals surface area contributed by atoms with Crippen molar-refractivity contribution in [2.24, 2.45) is 5.10 Å². The summed E-state index contributed by atoms with van der Waals surface area (Å²) in [5, 5.41) is 6.92. The molecule has 0 spiro atoms. The summed E-state index contributed by atoms with van der Waals surface area (Å²) in [6.07, 6.45) is 4.82. The first-order chi connectivity index (χ1) is 9.43. The monoisotopic (exact) mass is 250 g/mol. The van der Waals surface area contributed by atoms with Gasteiger partial charge in [-0.3, -0.25) is 0 Å². The first-order valence-corrected chi connectivity index (χ1v) is 6.90. The molecule has 1 saturated carbocycles. The first kappa shape index (κ1) is 12.0. The Morgan fingerprint density at radius 2 is 1.16 bits per heavy atom. The van der Waals surface area contributed by atoms with Crippen molar-refractivity contribution in [1.82, 2.24) is 0 Å². The van der Waals surface area contributed by atoms with Crippen LogP contribution >= 0.6 is 0 Å². The van der Waals surface area contributed by atoms with Gasteiger partial charge in [0.1, 0.15) is 0 Å². The zero-order valence-corrected chi connectivity index (χ0v) is 11.0. The van der Waals surface area contributed by atoms with Crippen LogP contribution < -0.4 is 5.01 Å². The van der Waals surface area contributed by atoms with E-state index in [4.69, 9.17) is 5.10 Å². The molecule has 1 aliphatic rings. The second kappa shape index (κ2) is 5.70. The predicted molar refractivity (Wildman–Crippen MR) is 80.9 cm³/mol. The molecular formula is C17H18N2. The summed E-state index contributed by atoms with van der Waals surface area (Å²) >= 11 is 0. The number of nitrogens with zero attached hydrogens (tertiary/aromatic N) is 2. The van der Waals surface area contributed by atoms with Gasteiger partial charge < -0.3 is 0 Å². The van der Waals surface area contributed by atoms with Crippen molar-refractivity contribution in [1.29, 1.82) is 0 Å². The van der Waals surface area contributed by atoms with E-state index in [0.29, 0.717) is 0 Å². The maximum absolute atomic E-state index is 4.87. The second-order valence-corrected chi connectivity index (χ2v) is 4.86. The molecule has 2 nitrogen and oxygen atoms in total. The van der Waals surface area contributed by atoms with Crippen LogP contribution in [0, 0.1) is 0 Å². The van der Waals surface area contributed by atoms with Gasteiger partial charge in [-0.1, -0.05) is 36.4 Å². The average molecular weight is 250 g/mol. The second-order valence-electron chi connectivity index (χ2n) is 4.86. The van der Waals surface area contributed by atoms with E-state index in [1.54, 1.807) is 0 Å². The molecule has 2 aromatic rings. The molecule has 0 bridgehead atoms. The third kappa shape index (κ3) is 2.84. The van der Waals surface area contributed by atoms with Gasteiger partial charge in [0.05, 0.1) is 11.4 Å². The molecule has 0 saturated heterocycles. The lowest BCUT2D eigenvalue weighted by atomic mass is 10.2. The van der Waals surface area contributed by atoms with Gasteiger partial charge in [0.25, 0.3) is 0 Å². The maximum Gasteiger partial charge on any atom is 0.0652 e. The standard InChI is InChI=1S/C17H18N2/c1-3-11-16(12-4-1)19(17-13-5-2-6-14-17)18-15-9-7-8-10-15/h1-6,11-14H,7-10H2. The van der Waals surface area contributed by atoms with Gasteiger partial charge in [0.2, 0.25) is 0 Å². The summed E-state index contributed by atoms with van der Waals surface area (Å²) in [6.45, 7) is 0. The fourth-order valence-corrected chi connectivity index (χ4v) is 2.43. The van der Waals surface area contributed by atoms with Crippen LogP contribution in [-0.4, -0.2) is 5.71 Å². The van der Waals surface area contributed by atoms with Gasteiger partial charge in [0, 0.05) is 5.71 Å². The SMILES string of the molecule is c1ccc(N(N=C2CCCC2)c2ccccc2)cc1. The molecule has 0 atom stereocenters. The Labute approximate surface area is 114 Å². The Morgan fingerprint density at radius 1 is 0.684 bits per heavy atom. The molecule has 0 aliphatic heterocycles. The molecule has 2 aromatic carbocycles. The van der Waals surface area contributed by atoms with Crippen LogP contribution in [0.15, 0.2) is 65.8 Å². The van der Waals surface area contributed by atoms with Crippen LogP contribution in [0.4, 0.5) is 11.4 Å². The minimum atomic E-state index is 1.12. The molecule has 96 valence electrons. The molecule has 2 heteroatoms. The van der Waals surface area contributed by atoms with Crippen molar-refractivity contribution in [3.63, 3.8) is 0 Å². The number of anilines is 2. The van der Waals surface area contributed by atoms with Crippen LogP contribution in [0.1, 0.15) is 25.7 Å². The Kier molecular flexibility index (Phi) is 3.59. The van der Waals surface area contributed by atoms with Crippen molar-refractivity contribution in [2.75, 3.05) is 5.01 Å². The molecule has 0 radical (unpaired) electrons. The van der Waals surface area contributed by atoms with Crippen molar-refractivity contribution >= 4 is 17.1 Å². The fraction of sp³-hybridized carbons (Fsp3) is 0.235. The van der Waals surface area contributed by atoms with E-state index in [0.717, 1.165) is 24.2 Å². The van der Waals surface area contributed by atoms with Crippen LogP contribution in [0.2, 0.25) is 0 Å². The van der Waals surface area contributed by atoms with E-state index < -0.39 is 0 Å². The first-order valence-electron chi connectivity index (χ1n) is 6.90. The van der Waals surface area contributed by atoms with Gasteiger partial charge in [-0.05, 0) is 49.9 Å². The summed E-state index contributed by atoms with van der Waals surface area (Å²) in [6, 6.07) is 20.7. The topological polar surface area (TPSA) is 15.6 Å². The van der Waals surface area contributed by atoms with E-state index in [1.165, 1.54) is 18.6 Å². The molecule has 0 amide bonds. The van der Waals surface area contributed by atoms with Crippen molar-refractivity contribution < 1.29 is 0 Å². The van der Waals surface area contributed by atoms with E-state index >= 15 is 0 Å². The Morgan fingerprint density at radius 3 is 1.63 bits per heavy atom. The highest BCUT2D eigenvalue weighted by Crippen LogP contribution is 2.27. The molecule has 19 heavy (non-hydrogen) atoms. The van der Waals surface area contributed by atoms with Crippen LogP contribution in [0.5, 0.6) is 0 Å². The lowest BCUT2D eigenvalue weighted by molar-refractivity contribution is 0.886. The Balaban J connectivity index is 1.98. The largest absolute Gasteiger partial charge is 0.234 e. The third-order valence-electron chi connectivity index (χ3n) is 3.42. The highest BCUT2D eigenvalue weighted by molar-refractivity contribution is 5.87. The van der Waals surface area contributed by atoms with Crippen molar-refractivity contribution in [3.05, 3.63) is 60.7 Å². The third-order valence-corrected chi connectivity index (χ3v) is 3.42. The lowest BCUT2D eigenvalue weighted by Crippen LogP contribution is -2.11. The van der Waals surface area contributed by atoms with Gasteiger partial charge >= 0.3 is 0 Å². The van der Waals surface area contributed by atoms with Gasteiger partial charge in [-0.15, -0.1) is 0 Å². The highest BCUT2D eigenvalue weighted by Gasteiger charge is 2.13. The Bertz CT molecular complexity index is 498. The summed E-state index contributed by atoms with van der Waals surface area (Å²) in [4.78, 5) is 0. The molecule has 0 N–H and O–H groups in total. The van der Waals surface area contributed by atoms with E-state index in [2.05, 4.69) is 53.5 Å². The summed E-state index contributed by atoms with van der Waals surface area (Å²) < 4.78 is 0. The zero-order chi connectivity index (χ0) is 12.9. The zero-order valence-electron chi connectivity index (χ0n) is 11.0. The number of benzene rings is 2. The highest BCUT2D eigenvalue weighted by atomic mass is 15.5. The Hall–Kier alpha value is -2.09. The smallest absolute Gasteiger partial charge is 0.0652 e. The normalized spacial score (nSPS) is 14.4. The average Bonchev–Trinajstić information content (AvgIpc) is 3.00. The number of hydrogen-bond acceptors (Lipinski definition) is 2. The molecule has 0 heterocycles. The lowest BCUT2D eigenvalue weighted by Gasteiger charge is -2.20. The molecule has 3 rings (SSSR count). The minimum Gasteiger partial charge on any atom is -0.234 e. The molecule has 1 aliphatic carbocycles. The van der Waals surface area contributed by atoms with E-state index in [9.17, 15) is 0 Å². The predicted octanol–water partition coefficient (Wildman–Crippen LogP) is 4.75. The van der Waals surface area contributed by atoms with Gasteiger partial charge in [-0.25, -0.2) is 5.01 Å². The molecule has 0 unspecified atom stereocenters. The van der Waals surface area contributed by atoms with Crippen molar-refractivity contribution in [3.8, 4) is 0 Å². The summed E-state index contributed by atoms with van der Waals surface area (Å²) in [5.74, 6) is 0. The number of para-hydroxylation sites is 2. The molecule has 0 aromatic heterocycles. The van der Waals surface area contributed by atoms with Gasteiger partial charge in [0.15, 0.2) is 0 Å². The maximum atomic E-state index is 4.87. The van der Waals surface area contributed by atoms with E-state index in [1.807, 2.05) is 12.1 Å². The van der Waals surface area contributed by atoms with Crippen LogP contribution in [-0.2, 0) is 0 Å². The van der Waals surface area contributed by atoms with Crippen LogP contribution in [0.3, 0.4) is 0 Å². The minimum absolute atomic E-state index is 1.12. The number of rotatable bonds is 3. The van der Waals surface area contributed by atoms with Gasteiger partial charge in [-0.2, -0.15) is 5.10 Å². The summed E-state index contributed by atoms with van der Waals surface area (Å²) in [5.41, 5.74) is 3.55. The fourth-order valence-electron chi connectivity index (χ4n) is 2.43. The number of hydrogen-bond donors (Lipinski definition) is 0. The van der Waals surface area contributed by atoms with Crippen molar-refractivity contribution in [2.45, 2.75) is 25.7 Å². The van der Waals surface area contributed by atoms with E-state index in [-0.39, 0.29) is 0 Å². The number of hydrazone groups is 1. The molecular weight excluding hydrogens is 232 g/mol.